The van der Waals surface area contributed by atoms with Crippen molar-refractivity contribution in [2.45, 2.75) is 52.4 Å². The highest BCUT2D eigenvalue weighted by molar-refractivity contribution is 5.79. The molecule has 1 saturated carbocycles. The minimum absolute atomic E-state index is 0.188. The molecule has 1 aliphatic carbocycles. The standard InChI is InChI=1S/C17H33N3O/c1-17(2)8-4-3-7-15(17)16(21)20-13-11-19(12-14-20)10-6-5-9-18/h15H,3-14,18H2,1-2H3. The molecule has 0 aromatic carbocycles. The summed E-state index contributed by atoms with van der Waals surface area (Å²) < 4.78 is 0. The van der Waals surface area contributed by atoms with Crippen molar-refractivity contribution in [2.75, 3.05) is 39.3 Å². The molecule has 2 fully saturated rings. The van der Waals surface area contributed by atoms with Crippen LogP contribution in [0.5, 0.6) is 0 Å². The average molecular weight is 295 g/mol. The number of unbranched alkanes of at least 4 members (excludes halogenated alkanes) is 1. The van der Waals surface area contributed by atoms with Gasteiger partial charge in [-0.2, -0.15) is 0 Å². The number of nitrogens with zero attached hydrogens (tertiary/aromatic N) is 2. The lowest BCUT2D eigenvalue weighted by Gasteiger charge is -2.42. The summed E-state index contributed by atoms with van der Waals surface area (Å²) >= 11 is 0. The Kier molecular flexibility index (Phi) is 6.06. The van der Waals surface area contributed by atoms with Crippen molar-refractivity contribution >= 4 is 5.91 Å². The van der Waals surface area contributed by atoms with Gasteiger partial charge in [0.15, 0.2) is 0 Å². The first-order valence-corrected chi connectivity index (χ1v) is 8.76. The quantitative estimate of drug-likeness (QED) is 0.790. The topological polar surface area (TPSA) is 49.6 Å². The maximum absolute atomic E-state index is 12.8. The third kappa shape index (κ3) is 4.43. The van der Waals surface area contributed by atoms with Crippen LogP contribution in [0.1, 0.15) is 52.4 Å². The van der Waals surface area contributed by atoms with Crippen LogP contribution < -0.4 is 5.73 Å². The summed E-state index contributed by atoms with van der Waals surface area (Å²) in [6, 6.07) is 0. The van der Waals surface area contributed by atoms with Crippen molar-refractivity contribution in [3.05, 3.63) is 0 Å². The van der Waals surface area contributed by atoms with Crippen molar-refractivity contribution in [3.63, 3.8) is 0 Å². The lowest BCUT2D eigenvalue weighted by Crippen LogP contribution is -2.52. The van der Waals surface area contributed by atoms with Gasteiger partial charge in [0, 0.05) is 32.1 Å². The van der Waals surface area contributed by atoms with E-state index in [-0.39, 0.29) is 11.3 Å². The number of hydrogen-bond donors (Lipinski definition) is 1. The fourth-order valence-electron chi connectivity index (χ4n) is 3.84. The van der Waals surface area contributed by atoms with Gasteiger partial charge in [-0.3, -0.25) is 9.69 Å². The first kappa shape index (κ1) is 16.8. The summed E-state index contributed by atoms with van der Waals surface area (Å²) in [5.74, 6) is 0.663. The summed E-state index contributed by atoms with van der Waals surface area (Å²) in [5.41, 5.74) is 5.73. The monoisotopic (exact) mass is 295 g/mol. The number of rotatable bonds is 5. The molecule has 4 nitrogen and oxygen atoms in total. The van der Waals surface area contributed by atoms with Crippen molar-refractivity contribution in [1.29, 1.82) is 0 Å². The lowest BCUT2D eigenvalue weighted by atomic mass is 9.68. The molecular formula is C17H33N3O. The molecule has 0 bridgehead atoms. The first-order valence-electron chi connectivity index (χ1n) is 8.76. The van der Waals surface area contributed by atoms with Gasteiger partial charge in [0.2, 0.25) is 5.91 Å². The van der Waals surface area contributed by atoms with Gasteiger partial charge in [-0.15, -0.1) is 0 Å². The number of hydrogen-bond acceptors (Lipinski definition) is 3. The zero-order valence-electron chi connectivity index (χ0n) is 13.9. The van der Waals surface area contributed by atoms with Gasteiger partial charge in [-0.25, -0.2) is 0 Å². The SMILES string of the molecule is CC1(C)CCCCC1C(=O)N1CCN(CCCCN)CC1. The number of amides is 1. The largest absolute Gasteiger partial charge is 0.340 e. The van der Waals surface area contributed by atoms with Crippen LogP contribution in [0.15, 0.2) is 0 Å². The van der Waals surface area contributed by atoms with Crippen molar-refractivity contribution in [2.24, 2.45) is 17.1 Å². The summed E-state index contributed by atoms with van der Waals surface area (Å²) in [6.45, 7) is 10.4. The van der Waals surface area contributed by atoms with E-state index in [1.54, 1.807) is 0 Å². The molecule has 1 saturated heterocycles. The van der Waals surface area contributed by atoms with E-state index < -0.39 is 0 Å². The van der Waals surface area contributed by atoms with Crippen LogP contribution in [-0.4, -0.2) is 55.0 Å². The number of piperazine rings is 1. The second-order valence-electron chi connectivity index (χ2n) is 7.45. The molecule has 21 heavy (non-hydrogen) atoms. The maximum Gasteiger partial charge on any atom is 0.226 e. The highest BCUT2D eigenvalue weighted by Crippen LogP contribution is 2.41. The minimum Gasteiger partial charge on any atom is -0.340 e. The molecule has 2 aliphatic rings. The molecule has 0 aromatic rings. The van der Waals surface area contributed by atoms with Gasteiger partial charge in [0.25, 0.3) is 0 Å². The van der Waals surface area contributed by atoms with Gasteiger partial charge in [-0.1, -0.05) is 26.7 Å². The Bertz CT molecular complexity index is 335. The number of nitrogens with two attached hydrogens (primary N) is 1. The summed E-state index contributed by atoms with van der Waals surface area (Å²) in [4.78, 5) is 17.4. The van der Waals surface area contributed by atoms with E-state index in [2.05, 4.69) is 23.6 Å². The second kappa shape index (κ2) is 7.59. The number of carbonyl (C=O) groups is 1. The molecule has 1 amide bonds. The predicted octanol–water partition coefficient (Wildman–Crippen LogP) is 2.09. The van der Waals surface area contributed by atoms with Crippen molar-refractivity contribution < 1.29 is 4.79 Å². The van der Waals surface area contributed by atoms with Gasteiger partial charge in [0.1, 0.15) is 0 Å². The predicted molar refractivity (Wildman–Crippen MR) is 87.0 cm³/mol. The second-order valence-corrected chi connectivity index (χ2v) is 7.45. The summed E-state index contributed by atoms with van der Waals surface area (Å²) in [5, 5.41) is 0. The summed E-state index contributed by atoms with van der Waals surface area (Å²) in [7, 11) is 0. The zero-order valence-corrected chi connectivity index (χ0v) is 13.9. The van der Waals surface area contributed by atoms with E-state index in [1.807, 2.05) is 0 Å². The molecular weight excluding hydrogens is 262 g/mol. The Morgan fingerprint density at radius 3 is 2.48 bits per heavy atom. The Labute approximate surface area is 130 Å². The van der Waals surface area contributed by atoms with Crippen molar-refractivity contribution in [3.8, 4) is 0 Å². The fourth-order valence-corrected chi connectivity index (χ4v) is 3.84. The lowest BCUT2D eigenvalue weighted by molar-refractivity contribution is -0.143. The van der Waals surface area contributed by atoms with Crippen molar-refractivity contribution in [1.82, 2.24) is 9.80 Å². The third-order valence-electron chi connectivity index (χ3n) is 5.42. The molecule has 0 spiro atoms. The van der Waals surface area contributed by atoms with Crippen LogP contribution in [0.25, 0.3) is 0 Å². The van der Waals surface area contributed by atoms with E-state index >= 15 is 0 Å². The van der Waals surface area contributed by atoms with Gasteiger partial charge in [0.05, 0.1) is 0 Å². The van der Waals surface area contributed by atoms with E-state index in [1.165, 1.54) is 25.7 Å². The van der Waals surface area contributed by atoms with E-state index in [9.17, 15) is 4.79 Å². The molecule has 1 aliphatic heterocycles. The molecule has 0 radical (unpaired) electrons. The molecule has 1 heterocycles. The van der Waals surface area contributed by atoms with Gasteiger partial charge < -0.3 is 10.6 Å². The highest BCUT2D eigenvalue weighted by Gasteiger charge is 2.39. The summed E-state index contributed by atoms with van der Waals surface area (Å²) in [6.07, 6.45) is 7.07. The van der Waals surface area contributed by atoms with Crippen LogP contribution in [0.4, 0.5) is 0 Å². The first-order chi connectivity index (χ1) is 10.0. The Hall–Kier alpha value is -0.610. The molecule has 2 N–H and O–H groups in total. The maximum atomic E-state index is 12.8. The van der Waals surface area contributed by atoms with Crippen LogP contribution >= 0.6 is 0 Å². The van der Waals surface area contributed by atoms with E-state index in [0.717, 1.165) is 52.1 Å². The smallest absolute Gasteiger partial charge is 0.226 e. The van der Waals surface area contributed by atoms with Crippen LogP contribution in [0.2, 0.25) is 0 Å². The molecule has 4 heteroatoms. The normalized spacial score (nSPS) is 26.8. The van der Waals surface area contributed by atoms with E-state index in [0.29, 0.717) is 5.91 Å². The molecule has 0 aromatic heterocycles. The minimum atomic E-state index is 0.188. The van der Waals surface area contributed by atoms with E-state index in [4.69, 9.17) is 5.73 Å². The molecule has 122 valence electrons. The van der Waals surface area contributed by atoms with Crippen LogP contribution in [-0.2, 0) is 4.79 Å². The zero-order chi connectivity index (χ0) is 15.3. The molecule has 1 atom stereocenters. The molecule has 1 unspecified atom stereocenters. The van der Waals surface area contributed by atoms with Crippen LogP contribution in [0, 0.1) is 11.3 Å². The number of carbonyl (C=O) groups excluding carboxylic acids is 1. The highest BCUT2D eigenvalue weighted by atomic mass is 16.2. The van der Waals surface area contributed by atoms with Crippen LogP contribution in [0.3, 0.4) is 0 Å². The Morgan fingerprint density at radius 1 is 1.14 bits per heavy atom. The fraction of sp³-hybridized carbons (Fsp3) is 0.941. The van der Waals surface area contributed by atoms with Gasteiger partial charge >= 0.3 is 0 Å². The van der Waals surface area contributed by atoms with Gasteiger partial charge in [-0.05, 0) is 44.2 Å². The molecule has 2 rings (SSSR count). The Morgan fingerprint density at radius 2 is 1.86 bits per heavy atom. The third-order valence-corrected chi connectivity index (χ3v) is 5.42. The average Bonchev–Trinajstić information content (AvgIpc) is 2.47. The Balaban J connectivity index is 1.80.